The first-order valence-corrected chi connectivity index (χ1v) is 8.01. The molecule has 1 aliphatic rings. The molecule has 1 atom stereocenters. The zero-order valence-corrected chi connectivity index (χ0v) is 15.4. The van der Waals surface area contributed by atoms with Crippen LogP contribution in [0.25, 0.3) is 0 Å². The average molecular weight is 377 g/mol. The molecule has 0 spiro atoms. The Kier molecular flexibility index (Phi) is 8.98. The molecule has 0 bridgehead atoms. The van der Waals surface area contributed by atoms with E-state index in [4.69, 9.17) is 4.74 Å². The van der Waals surface area contributed by atoms with Crippen LogP contribution in [-0.2, 0) is 17.9 Å². The van der Waals surface area contributed by atoms with Crippen LogP contribution in [0.4, 0.5) is 0 Å². The van der Waals surface area contributed by atoms with E-state index >= 15 is 0 Å². The zero-order valence-electron chi connectivity index (χ0n) is 13.0. The van der Waals surface area contributed by atoms with Gasteiger partial charge in [0.15, 0.2) is 0 Å². The minimum absolute atomic E-state index is 0. The molecular weight excluding hydrogens is 355 g/mol. The van der Waals surface area contributed by atoms with Crippen LogP contribution < -0.4 is 5.32 Å². The van der Waals surface area contributed by atoms with Gasteiger partial charge in [-0.15, -0.1) is 36.2 Å². The average Bonchev–Trinajstić information content (AvgIpc) is 2.96. The quantitative estimate of drug-likeness (QED) is 0.868. The topological polar surface area (TPSA) is 50.3 Å². The molecule has 1 fully saturated rings. The van der Waals surface area contributed by atoms with Gasteiger partial charge in [0.2, 0.25) is 0 Å². The Bertz CT molecular complexity index is 570. The van der Waals surface area contributed by atoms with Crippen molar-refractivity contribution in [3.63, 3.8) is 0 Å². The third-order valence-corrected chi connectivity index (χ3v) is 4.53. The summed E-state index contributed by atoms with van der Waals surface area (Å²) >= 11 is 1.67. The highest BCUT2D eigenvalue weighted by atomic mass is 35.5. The maximum absolute atomic E-state index is 5.14. The lowest BCUT2D eigenvalue weighted by Gasteiger charge is -2.35. The van der Waals surface area contributed by atoms with Crippen LogP contribution in [0.1, 0.15) is 22.3 Å². The number of nitrogens with zero attached hydrogens (tertiary/aromatic N) is 3. The lowest BCUT2D eigenvalue weighted by molar-refractivity contribution is 0.151. The highest BCUT2D eigenvalue weighted by Crippen LogP contribution is 2.24. The monoisotopic (exact) mass is 376 g/mol. The van der Waals surface area contributed by atoms with E-state index in [-0.39, 0.29) is 24.8 Å². The number of nitrogens with one attached hydrogen (secondary N) is 1. The summed E-state index contributed by atoms with van der Waals surface area (Å²) in [5.41, 5.74) is 2.39. The molecule has 0 radical (unpaired) electrons. The molecule has 1 aliphatic heterocycles. The number of piperazine rings is 1. The number of ether oxygens (including phenoxy) is 1. The molecule has 3 rings (SSSR count). The van der Waals surface area contributed by atoms with Crippen molar-refractivity contribution in [1.29, 1.82) is 0 Å². The summed E-state index contributed by atoms with van der Waals surface area (Å²) in [6.45, 7) is 4.48. The molecule has 5 nitrogen and oxygen atoms in total. The summed E-state index contributed by atoms with van der Waals surface area (Å²) in [5, 5.41) is 6.65. The van der Waals surface area contributed by atoms with E-state index in [1.54, 1.807) is 18.4 Å². The molecule has 1 saturated heterocycles. The van der Waals surface area contributed by atoms with Gasteiger partial charge in [-0.25, -0.2) is 4.98 Å². The number of halogens is 2. The van der Waals surface area contributed by atoms with Crippen molar-refractivity contribution in [2.45, 2.75) is 19.2 Å². The molecule has 0 aromatic carbocycles. The van der Waals surface area contributed by atoms with Crippen molar-refractivity contribution in [2.24, 2.45) is 0 Å². The molecule has 128 valence electrons. The highest BCUT2D eigenvalue weighted by molar-refractivity contribution is 7.09. The summed E-state index contributed by atoms with van der Waals surface area (Å²) < 4.78 is 5.14. The van der Waals surface area contributed by atoms with Crippen LogP contribution in [0.15, 0.2) is 29.9 Å². The van der Waals surface area contributed by atoms with E-state index in [0.717, 1.165) is 36.9 Å². The molecule has 2 aromatic rings. The van der Waals surface area contributed by atoms with Crippen molar-refractivity contribution in [1.82, 2.24) is 20.2 Å². The van der Waals surface area contributed by atoms with E-state index in [9.17, 15) is 0 Å². The molecule has 1 N–H and O–H groups in total. The number of thiazole rings is 1. The van der Waals surface area contributed by atoms with E-state index in [2.05, 4.69) is 31.6 Å². The maximum atomic E-state index is 5.14. The molecule has 1 unspecified atom stereocenters. The van der Waals surface area contributed by atoms with Gasteiger partial charge in [0.05, 0.1) is 12.3 Å². The van der Waals surface area contributed by atoms with Gasteiger partial charge in [0.25, 0.3) is 0 Å². The fraction of sp³-hybridized carbons (Fsp3) is 0.467. The predicted molar refractivity (Wildman–Crippen MR) is 97.6 cm³/mol. The summed E-state index contributed by atoms with van der Waals surface area (Å²) in [5.74, 6) is 0. The lowest BCUT2D eigenvalue weighted by Crippen LogP contribution is -2.45. The van der Waals surface area contributed by atoms with Crippen molar-refractivity contribution in [2.75, 3.05) is 26.7 Å². The van der Waals surface area contributed by atoms with Crippen LogP contribution in [0.3, 0.4) is 0 Å². The molecule has 3 heterocycles. The molecule has 0 saturated carbocycles. The van der Waals surface area contributed by atoms with E-state index < -0.39 is 0 Å². The van der Waals surface area contributed by atoms with Gasteiger partial charge in [-0.1, -0.05) is 6.07 Å². The second-order valence-electron chi connectivity index (χ2n) is 5.14. The van der Waals surface area contributed by atoms with E-state index in [1.807, 2.05) is 18.5 Å². The standard InChI is InChI=1S/C15H20N4OS.2ClH/c1-20-10-15-18-13(11-21-15)9-19-6-5-17-8-14(19)12-3-2-4-16-7-12;;/h2-4,7,11,14,17H,5-6,8-10H2,1H3;2*1H. The van der Waals surface area contributed by atoms with Gasteiger partial charge in [-0.3, -0.25) is 9.88 Å². The minimum atomic E-state index is 0. The fourth-order valence-electron chi connectivity index (χ4n) is 2.66. The summed E-state index contributed by atoms with van der Waals surface area (Å²) in [4.78, 5) is 11.4. The SMILES string of the molecule is COCc1nc(CN2CCNCC2c2cccnc2)cs1.Cl.Cl. The molecule has 0 amide bonds. The predicted octanol–water partition coefficient (Wildman–Crippen LogP) is 2.67. The number of pyridine rings is 1. The van der Waals surface area contributed by atoms with Crippen LogP contribution in [0.5, 0.6) is 0 Å². The molecule has 8 heteroatoms. The first kappa shape index (κ1) is 20.3. The first-order valence-electron chi connectivity index (χ1n) is 7.13. The zero-order chi connectivity index (χ0) is 14.5. The van der Waals surface area contributed by atoms with E-state index in [0.29, 0.717) is 12.6 Å². The Morgan fingerprint density at radius 3 is 3.04 bits per heavy atom. The van der Waals surface area contributed by atoms with Gasteiger partial charge >= 0.3 is 0 Å². The van der Waals surface area contributed by atoms with Crippen molar-refractivity contribution in [3.8, 4) is 0 Å². The lowest BCUT2D eigenvalue weighted by atomic mass is 10.1. The van der Waals surface area contributed by atoms with Crippen LogP contribution in [-0.4, -0.2) is 41.6 Å². The Labute approximate surface area is 153 Å². The minimum Gasteiger partial charge on any atom is -0.378 e. The van der Waals surface area contributed by atoms with Crippen LogP contribution in [0, 0.1) is 0 Å². The molecule has 0 aliphatic carbocycles. The largest absolute Gasteiger partial charge is 0.378 e. The number of aromatic nitrogens is 2. The summed E-state index contributed by atoms with van der Waals surface area (Å²) in [6.07, 6.45) is 3.78. The van der Waals surface area contributed by atoms with Gasteiger partial charge in [-0.2, -0.15) is 0 Å². The van der Waals surface area contributed by atoms with Gasteiger partial charge in [0, 0.05) is 57.1 Å². The van der Waals surface area contributed by atoms with Gasteiger partial charge in [-0.05, 0) is 11.6 Å². The highest BCUT2D eigenvalue weighted by Gasteiger charge is 2.24. The number of rotatable bonds is 5. The Morgan fingerprint density at radius 2 is 2.30 bits per heavy atom. The smallest absolute Gasteiger partial charge is 0.119 e. The Hall–Kier alpha value is -0.760. The number of hydrogen-bond acceptors (Lipinski definition) is 6. The van der Waals surface area contributed by atoms with Crippen molar-refractivity contribution < 1.29 is 4.74 Å². The third-order valence-electron chi connectivity index (χ3n) is 3.66. The molecular formula is C15H22Cl2N4OS. The fourth-order valence-corrected chi connectivity index (χ4v) is 3.41. The summed E-state index contributed by atoms with van der Waals surface area (Å²) in [7, 11) is 1.70. The third kappa shape index (κ3) is 5.38. The number of hydrogen-bond donors (Lipinski definition) is 1. The molecule has 23 heavy (non-hydrogen) atoms. The van der Waals surface area contributed by atoms with Crippen LogP contribution in [0.2, 0.25) is 0 Å². The maximum Gasteiger partial charge on any atom is 0.119 e. The molecule has 2 aromatic heterocycles. The van der Waals surface area contributed by atoms with Crippen LogP contribution >= 0.6 is 36.2 Å². The van der Waals surface area contributed by atoms with Gasteiger partial charge < -0.3 is 10.1 Å². The second kappa shape index (κ2) is 10.2. The second-order valence-corrected chi connectivity index (χ2v) is 6.09. The number of methoxy groups -OCH3 is 1. The van der Waals surface area contributed by atoms with Gasteiger partial charge in [0.1, 0.15) is 5.01 Å². The Morgan fingerprint density at radius 1 is 1.43 bits per heavy atom. The first-order chi connectivity index (χ1) is 10.4. The van der Waals surface area contributed by atoms with Crippen molar-refractivity contribution >= 4 is 36.2 Å². The summed E-state index contributed by atoms with van der Waals surface area (Å²) in [6, 6.07) is 4.51. The normalized spacial score (nSPS) is 18.0. The Balaban J connectivity index is 0.00000132. The van der Waals surface area contributed by atoms with E-state index in [1.165, 1.54) is 5.56 Å². The van der Waals surface area contributed by atoms with Crippen molar-refractivity contribution in [3.05, 3.63) is 46.2 Å².